The number of carbonyl (C=O) groups is 1. The first-order valence-electron chi connectivity index (χ1n) is 8.03. The lowest BCUT2D eigenvalue weighted by Gasteiger charge is -2.22. The molecule has 1 N–H and O–H groups in total. The first kappa shape index (κ1) is 16.4. The van der Waals surface area contributed by atoms with Gasteiger partial charge in [-0.25, -0.2) is 9.37 Å². The maximum absolute atomic E-state index is 13.6. The van der Waals surface area contributed by atoms with E-state index in [1.165, 1.54) is 6.08 Å². The Morgan fingerprint density at radius 3 is 2.88 bits per heavy atom. The number of benzene rings is 1. The number of hydrogen-bond acceptors (Lipinski definition) is 3. The van der Waals surface area contributed by atoms with Gasteiger partial charge in [0.1, 0.15) is 6.17 Å². The fraction of sp³-hybridized carbons (Fsp3) is 0.333. The molecule has 2 heterocycles. The smallest absolute Gasteiger partial charge is 0.246 e. The van der Waals surface area contributed by atoms with E-state index in [4.69, 9.17) is 0 Å². The van der Waals surface area contributed by atoms with Crippen molar-refractivity contribution in [1.82, 2.24) is 19.8 Å². The largest absolute Gasteiger partial charge is 0.332 e. The fourth-order valence-corrected chi connectivity index (χ4v) is 2.99. The summed E-state index contributed by atoms with van der Waals surface area (Å²) < 4.78 is 15.5. The molecular weight excluding hydrogens is 307 g/mol. The summed E-state index contributed by atoms with van der Waals surface area (Å²) in [5.41, 5.74) is 1.93. The Kier molecular flexibility index (Phi) is 5.05. The Hall–Kier alpha value is -2.47. The molecule has 6 heteroatoms. The average Bonchev–Trinajstić information content (AvgIpc) is 3.23. The van der Waals surface area contributed by atoms with Gasteiger partial charge in [0.05, 0.1) is 12.9 Å². The number of carbonyl (C=O) groups excluding carboxylic acids is 1. The number of alkyl halides is 1. The molecule has 0 unspecified atom stereocenters. The molecular formula is C18H21FN4O. The molecule has 2 atom stereocenters. The van der Waals surface area contributed by atoms with Gasteiger partial charge in [-0.15, -0.1) is 0 Å². The molecule has 1 saturated heterocycles. The third-order valence-corrected chi connectivity index (χ3v) is 4.20. The van der Waals surface area contributed by atoms with E-state index in [0.29, 0.717) is 13.0 Å². The number of likely N-dealkylation sites (N-methyl/N-ethyl adjacent to an activating group) is 1. The third-order valence-electron chi connectivity index (χ3n) is 4.20. The first-order valence-corrected chi connectivity index (χ1v) is 8.03. The van der Waals surface area contributed by atoms with Crippen LogP contribution in [0.1, 0.15) is 12.0 Å². The van der Waals surface area contributed by atoms with Crippen LogP contribution in [0, 0.1) is 0 Å². The molecule has 2 aromatic rings. The van der Waals surface area contributed by atoms with E-state index >= 15 is 0 Å². The van der Waals surface area contributed by atoms with E-state index < -0.39 is 6.17 Å². The zero-order chi connectivity index (χ0) is 16.9. The number of likely N-dealkylation sites (tertiary alicyclic amines) is 1. The summed E-state index contributed by atoms with van der Waals surface area (Å²) >= 11 is 0. The zero-order valence-corrected chi connectivity index (χ0v) is 13.6. The van der Waals surface area contributed by atoms with Crippen molar-refractivity contribution in [3.63, 3.8) is 0 Å². The average molecular weight is 328 g/mol. The quantitative estimate of drug-likeness (QED) is 0.855. The summed E-state index contributed by atoms with van der Waals surface area (Å²) in [6, 6.07) is 7.72. The third kappa shape index (κ3) is 3.71. The van der Waals surface area contributed by atoms with Crippen molar-refractivity contribution >= 4 is 12.0 Å². The Bertz CT molecular complexity index is 696. The summed E-state index contributed by atoms with van der Waals surface area (Å²) in [4.78, 5) is 18.0. The predicted molar refractivity (Wildman–Crippen MR) is 91.5 cm³/mol. The number of nitrogens with one attached hydrogen (secondary N) is 1. The normalized spacial score (nSPS) is 20.8. The molecule has 5 nitrogen and oxygen atoms in total. The standard InChI is InChI=1S/C18H21FN4O/c1-20-11-17-10-15(19)12-23(17)18(24)7-4-14-2-5-16(6-3-14)22-9-8-21-13-22/h2-9,13,15,17,20H,10-12H2,1H3/b7-4+/t15-,17-/m0/s1. The van der Waals surface area contributed by atoms with Crippen LogP contribution in [0.4, 0.5) is 4.39 Å². The maximum atomic E-state index is 13.6. The van der Waals surface area contributed by atoms with Crippen LogP contribution in [0.5, 0.6) is 0 Å². The SMILES string of the molecule is CNC[C@@H]1C[C@H](F)CN1C(=O)/C=C/c1ccc(-n2ccnc2)cc1. The van der Waals surface area contributed by atoms with Crippen molar-refractivity contribution in [1.29, 1.82) is 0 Å². The first-order chi connectivity index (χ1) is 11.7. The Morgan fingerprint density at radius 1 is 1.42 bits per heavy atom. The highest BCUT2D eigenvalue weighted by molar-refractivity contribution is 5.92. The Labute approximate surface area is 140 Å². The van der Waals surface area contributed by atoms with E-state index in [1.807, 2.05) is 42.1 Å². The minimum absolute atomic E-state index is 0.0780. The maximum Gasteiger partial charge on any atom is 0.246 e. The summed E-state index contributed by atoms with van der Waals surface area (Å²) in [7, 11) is 1.81. The van der Waals surface area contributed by atoms with Crippen molar-refractivity contribution in [3.8, 4) is 5.69 Å². The number of aromatic nitrogens is 2. The summed E-state index contributed by atoms with van der Waals surface area (Å²) in [6.07, 6.45) is 8.08. The highest BCUT2D eigenvalue weighted by atomic mass is 19.1. The molecule has 0 bridgehead atoms. The molecule has 0 aliphatic carbocycles. The molecule has 1 fully saturated rings. The molecule has 1 aromatic carbocycles. The molecule has 0 saturated carbocycles. The van der Waals surface area contributed by atoms with Gasteiger partial charge >= 0.3 is 0 Å². The summed E-state index contributed by atoms with van der Waals surface area (Å²) in [6.45, 7) is 0.786. The van der Waals surface area contributed by atoms with Crippen molar-refractivity contribution in [2.45, 2.75) is 18.6 Å². The minimum atomic E-state index is -0.935. The van der Waals surface area contributed by atoms with Gasteiger partial charge in [-0.3, -0.25) is 4.79 Å². The van der Waals surface area contributed by atoms with Crippen molar-refractivity contribution in [2.24, 2.45) is 0 Å². The number of rotatable bonds is 5. The molecule has 1 amide bonds. The van der Waals surface area contributed by atoms with Gasteiger partial charge in [-0.05, 0) is 30.8 Å². The van der Waals surface area contributed by atoms with Gasteiger partial charge in [-0.1, -0.05) is 12.1 Å². The van der Waals surface area contributed by atoms with Gasteiger partial charge in [-0.2, -0.15) is 0 Å². The van der Waals surface area contributed by atoms with E-state index in [9.17, 15) is 9.18 Å². The second-order valence-electron chi connectivity index (χ2n) is 5.93. The lowest BCUT2D eigenvalue weighted by atomic mass is 10.2. The van der Waals surface area contributed by atoms with Crippen LogP contribution in [0.25, 0.3) is 11.8 Å². The van der Waals surface area contributed by atoms with Gasteiger partial charge in [0.2, 0.25) is 5.91 Å². The molecule has 1 aliphatic heterocycles. The number of nitrogens with zero attached hydrogens (tertiary/aromatic N) is 3. The van der Waals surface area contributed by atoms with Gasteiger partial charge in [0.25, 0.3) is 0 Å². The van der Waals surface area contributed by atoms with E-state index in [1.54, 1.807) is 23.5 Å². The second-order valence-corrected chi connectivity index (χ2v) is 5.93. The van der Waals surface area contributed by atoms with Crippen LogP contribution in [0.2, 0.25) is 0 Å². The molecule has 1 aromatic heterocycles. The van der Waals surface area contributed by atoms with Gasteiger partial charge in [0, 0.05) is 43.2 Å². The van der Waals surface area contributed by atoms with Crippen LogP contribution < -0.4 is 5.32 Å². The zero-order valence-electron chi connectivity index (χ0n) is 13.6. The van der Waals surface area contributed by atoms with Gasteiger partial charge in [0.15, 0.2) is 0 Å². The molecule has 3 rings (SSSR count). The highest BCUT2D eigenvalue weighted by Gasteiger charge is 2.33. The molecule has 1 aliphatic rings. The Morgan fingerprint density at radius 2 is 2.21 bits per heavy atom. The monoisotopic (exact) mass is 328 g/mol. The predicted octanol–water partition coefficient (Wildman–Crippen LogP) is 2.04. The fourth-order valence-electron chi connectivity index (χ4n) is 2.99. The number of halogens is 1. The molecule has 126 valence electrons. The van der Waals surface area contributed by atoms with Crippen molar-refractivity contribution in [3.05, 3.63) is 54.6 Å². The van der Waals surface area contributed by atoms with E-state index in [0.717, 1.165) is 11.3 Å². The lowest BCUT2D eigenvalue weighted by Crippen LogP contribution is -2.40. The summed E-state index contributed by atoms with van der Waals surface area (Å²) in [5, 5.41) is 3.02. The molecule has 24 heavy (non-hydrogen) atoms. The van der Waals surface area contributed by atoms with Crippen LogP contribution >= 0.6 is 0 Å². The van der Waals surface area contributed by atoms with Crippen LogP contribution in [-0.4, -0.2) is 52.7 Å². The van der Waals surface area contributed by atoms with Crippen molar-refractivity contribution < 1.29 is 9.18 Å². The number of imidazole rings is 1. The van der Waals surface area contributed by atoms with Gasteiger partial charge < -0.3 is 14.8 Å². The Balaban J connectivity index is 1.65. The van der Waals surface area contributed by atoms with E-state index in [2.05, 4.69) is 10.3 Å². The second kappa shape index (κ2) is 7.40. The van der Waals surface area contributed by atoms with Crippen molar-refractivity contribution in [2.75, 3.05) is 20.1 Å². The van der Waals surface area contributed by atoms with Crippen LogP contribution in [0.15, 0.2) is 49.1 Å². The minimum Gasteiger partial charge on any atom is -0.332 e. The van der Waals surface area contributed by atoms with E-state index in [-0.39, 0.29) is 18.5 Å². The molecule has 0 radical (unpaired) electrons. The number of amides is 1. The number of hydrogen-bond donors (Lipinski definition) is 1. The topological polar surface area (TPSA) is 50.2 Å². The highest BCUT2D eigenvalue weighted by Crippen LogP contribution is 2.20. The molecule has 0 spiro atoms. The van der Waals surface area contributed by atoms with Crippen LogP contribution in [0.3, 0.4) is 0 Å². The lowest BCUT2D eigenvalue weighted by molar-refractivity contribution is -0.126. The summed E-state index contributed by atoms with van der Waals surface area (Å²) in [5.74, 6) is -0.144. The van der Waals surface area contributed by atoms with Crippen LogP contribution in [-0.2, 0) is 4.79 Å².